The van der Waals surface area contributed by atoms with Gasteiger partial charge in [-0.1, -0.05) is 59.6 Å². The van der Waals surface area contributed by atoms with Gasteiger partial charge in [-0.2, -0.15) is 0 Å². The second-order valence-corrected chi connectivity index (χ2v) is 7.13. The number of benzene rings is 3. The maximum Gasteiger partial charge on any atom is 0.338 e. The highest BCUT2D eigenvalue weighted by atomic mass is 35.5. The standard InChI is InChI=1S/C22H13Cl2NO4/c23-17-7-4-8-18(19(17)24)25-20(26)15-10-9-14(11-16(15)21(25)27)22(28)29-12-13-5-2-1-3-6-13/h1-11H,12H2. The van der Waals surface area contributed by atoms with Gasteiger partial charge in [0.2, 0.25) is 0 Å². The fraction of sp³-hybridized carbons (Fsp3) is 0.0455. The summed E-state index contributed by atoms with van der Waals surface area (Å²) in [7, 11) is 0. The van der Waals surface area contributed by atoms with E-state index in [0.717, 1.165) is 10.5 Å². The molecular weight excluding hydrogens is 413 g/mol. The van der Waals surface area contributed by atoms with Crippen molar-refractivity contribution in [3.05, 3.63) is 99.0 Å². The van der Waals surface area contributed by atoms with E-state index in [1.54, 1.807) is 12.1 Å². The van der Waals surface area contributed by atoms with Crippen LogP contribution < -0.4 is 4.90 Å². The zero-order valence-electron chi connectivity index (χ0n) is 14.9. The van der Waals surface area contributed by atoms with E-state index in [-0.39, 0.29) is 39.0 Å². The van der Waals surface area contributed by atoms with Gasteiger partial charge in [-0.3, -0.25) is 9.59 Å². The Bertz CT molecular complexity index is 1140. The molecule has 0 saturated heterocycles. The number of carbonyl (C=O) groups excluding carboxylic acids is 3. The van der Waals surface area contributed by atoms with Crippen LogP contribution in [0.25, 0.3) is 0 Å². The largest absolute Gasteiger partial charge is 0.457 e. The third-order valence-corrected chi connectivity index (χ3v) is 5.32. The maximum atomic E-state index is 12.9. The molecule has 1 heterocycles. The van der Waals surface area contributed by atoms with E-state index < -0.39 is 17.8 Å². The van der Waals surface area contributed by atoms with Gasteiger partial charge in [0, 0.05) is 0 Å². The Morgan fingerprint density at radius 3 is 2.34 bits per heavy atom. The van der Waals surface area contributed by atoms with Gasteiger partial charge in [0.25, 0.3) is 11.8 Å². The smallest absolute Gasteiger partial charge is 0.338 e. The average molecular weight is 426 g/mol. The first-order valence-corrected chi connectivity index (χ1v) is 9.41. The Kier molecular flexibility index (Phi) is 5.09. The summed E-state index contributed by atoms with van der Waals surface area (Å²) in [6, 6.07) is 18.2. The first-order chi connectivity index (χ1) is 14.0. The fourth-order valence-corrected chi connectivity index (χ4v) is 3.44. The lowest BCUT2D eigenvalue weighted by Gasteiger charge is -2.15. The zero-order valence-corrected chi connectivity index (χ0v) is 16.4. The van der Waals surface area contributed by atoms with Crippen molar-refractivity contribution in [2.45, 2.75) is 6.61 Å². The van der Waals surface area contributed by atoms with Gasteiger partial charge in [-0.15, -0.1) is 0 Å². The lowest BCUT2D eigenvalue weighted by atomic mass is 10.1. The monoisotopic (exact) mass is 425 g/mol. The molecule has 0 fully saturated rings. The van der Waals surface area contributed by atoms with Crippen LogP contribution in [-0.2, 0) is 11.3 Å². The van der Waals surface area contributed by atoms with Crippen LogP contribution in [0.2, 0.25) is 10.0 Å². The topological polar surface area (TPSA) is 63.7 Å². The molecule has 2 amide bonds. The SMILES string of the molecule is O=C(OCc1ccccc1)c1ccc2c(c1)C(=O)N(c1cccc(Cl)c1Cl)C2=O. The third kappa shape index (κ3) is 3.50. The summed E-state index contributed by atoms with van der Waals surface area (Å²) in [5.41, 5.74) is 1.51. The van der Waals surface area contributed by atoms with E-state index in [9.17, 15) is 14.4 Å². The Morgan fingerprint density at radius 1 is 0.862 bits per heavy atom. The molecule has 1 aliphatic rings. The highest BCUT2D eigenvalue weighted by Gasteiger charge is 2.38. The van der Waals surface area contributed by atoms with Crippen molar-refractivity contribution >= 4 is 46.7 Å². The predicted molar refractivity (Wildman–Crippen MR) is 110 cm³/mol. The van der Waals surface area contributed by atoms with Crippen molar-refractivity contribution in [1.82, 2.24) is 0 Å². The number of imide groups is 1. The molecule has 0 spiro atoms. The molecule has 0 N–H and O–H groups in total. The van der Waals surface area contributed by atoms with Crippen molar-refractivity contribution in [2.75, 3.05) is 4.90 Å². The Hall–Kier alpha value is -3.15. The van der Waals surface area contributed by atoms with E-state index in [1.807, 2.05) is 30.3 Å². The molecule has 29 heavy (non-hydrogen) atoms. The van der Waals surface area contributed by atoms with Crippen molar-refractivity contribution in [3.63, 3.8) is 0 Å². The molecule has 0 atom stereocenters. The second-order valence-electron chi connectivity index (χ2n) is 6.34. The maximum absolute atomic E-state index is 12.9. The second kappa shape index (κ2) is 7.70. The lowest BCUT2D eigenvalue weighted by molar-refractivity contribution is 0.0472. The van der Waals surface area contributed by atoms with Crippen molar-refractivity contribution in [3.8, 4) is 0 Å². The van der Waals surface area contributed by atoms with Crippen LogP contribution in [0.5, 0.6) is 0 Å². The van der Waals surface area contributed by atoms with E-state index >= 15 is 0 Å². The van der Waals surface area contributed by atoms with Gasteiger partial charge < -0.3 is 4.74 Å². The van der Waals surface area contributed by atoms with E-state index in [4.69, 9.17) is 27.9 Å². The molecule has 0 aromatic heterocycles. The number of anilines is 1. The number of carbonyl (C=O) groups is 3. The van der Waals surface area contributed by atoms with Crippen LogP contribution in [0.1, 0.15) is 36.6 Å². The van der Waals surface area contributed by atoms with Crippen molar-refractivity contribution in [1.29, 1.82) is 0 Å². The summed E-state index contributed by atoms with van der Waals surface area (Å²) in [5.74, 6) is -1.69. The quantitative estimate of drug-likeness (QED) is 0.428. The van der Waals surface area contributed by atoms with Gasteiger partial charge in [0.1, 0.15) is 6.61 Å². The first kappa shape index (κ1) is 19.2. The Labute approximate surface area is 176 Å². The number of amides is 2. The van der Waals surface area contributed by atoms with Gasteiger partial charge in [-0.25, -0.2) is 9.69 Å². The highest BCUT2D eigenvalue weighted by Crippen LogP contribution is 2.37. The molecule has 0 saturated carbocycles. The lowest BCUT2D eigenvalue weighted by Crippen LogP contribution is -2.29. The van der Waals surface area contributed by atoms with Gasteiger partial charge in [0.15, 0.2) is 0 Å². The minimum atomic E-state index is -0.587. The molecule has 0 unspecified atom stereocenters. The molecule has 0 bridgehead atoms. The Morgan fingerprint density at radius 2 is 1.59 bits per heavy atom. The number of halogens is 2. The normalized spacial score (nSPS) is 12.8. The molecule has 4 rings (SSSR count). The van der Waals surface area contributed by atoms with Crippen LogP contribution in [-0.4, -0.2) is 17.8 Å². The summed E-state index contributed by atoms with van der Waals surface area (Å²) in [5, 5.41) is 0.331. The minimum absolute atomic E-state index is 0.103. The summed E-state index contributed by atoms with van der Waals surface area (Å²) in [4.78, 5) is 39.0. The summed E-state index contributed by atoms with van der Waals surface area (Å²) >= 11 is 12.2. The minimum Gasteiger partial charge on any atom is -0.457 e. The molecule has 0 aliphatic carbocycles. The van der Waals surface area contributed by atoms with Gasteiger partial charge in [0.05, 0.1) is 32.4 Å². The molecule has 5 nitrogen and oxygen atoms in total. The molecule has 1 aliphatic heterocycles. The van der Waals surface area contributed by atoms with Crippen LogP contribution in [0.3, 0.4) is 0 Å². The Balaban J connectivity index is 1.60. The summed E-state index contributed by atoms with van der Waals surface area (Å²) < 4.78 is 5.29. The van der Waals surface area contributed by atoms with Crippen LogP contribution in [0.15, 0.2) is 66.7 Å². The molecule has 0 radical (unpaired) electrons. The number of fused-ring (bicyclic) bond motifs is 1. The first-order valence-electron chi connectivity index (χ1n) is 8.65. The predicted octanol–water partition coefficient (Wildman–Crippen LogP) is 5.15. The van der Waals surface area contributed by atoms with Gasteiger partial charge in [-0.05, 0) is 35.9 Å². The van der Waals surface area contributed by atoms with Crippen molar-refractivity contribution in [2.24, 2.45) is 0 Å². The van der Waals surface area contributed by atoms with Gasteiger partial charge >= 0.3 is 5.97 Å². The van der Waals surface area contributed by atoms with Crippen LogP contribution >= 0.6 is 23.2 Å². The molecule has 3 aromatic carbocycles. The van der Waals surface area contributed by atoms with E-state index in [2.05, 4.69) is 0 Å². The number of ether oxygens (including phenoxy) is 1. The number of hydrogen-bond donors (Lipinski definition) is 0. The highest BCUT2D eigenvalue weighted by molar-refractivity contribution is 6.46. The molecule has 7 heteroatoms. The fourth-order valence-electron chi connectivity index (χ4n) is 3.06. The summed E-state index contributed by atoms with van der Waals surface area (Å²) in [6.45, 7) is 0.105. The molecular formula is C22H13Cl2NO4. The van der Waals surface area contributed by atoms with Crippen LogP contribution in [0, 0.1) is 0 Å². The number of rotatable bonds is 4. The third-order valence-electron chi connectivity index (χ3n) is 4.51. The summed E-state index contributed by atoms with van der Waals surface area (Å²) in [6.07, 6.45) is 0. The number of hydrogen-bond acceptors (Lipinski definition) is 4. The van der Waals surface area contributed by atoms with Crippen molar-refractivity contribution < 1.29 is 19.1 Å². The molecule has 3 aromatic rings. The number of nitrogens with zero attached hydrogens (tertiary/aromatic N) is 1. The number of esters is 1. The van der Waals surface area contributed by atoms with Crippen LogP contribution in [0.4, 0.5) is 5.69 Å². The van der Waals surface area contributed by atoms with E-state index in [1.165, 1.54) is 24.3 Å². The van der Waals surface area contributed by atoms with E-state index in [0.29, 0.717) is 0 Å². The molecule has 144 valence electrons. The zero-order chi connectivity index (χ0) is 20.5. The average Bonchev–Trinajstić information content (AvgIpc) is 2.99.